The molecule has 24 heavy (non-hydrogen) atoms. The van der Waals surface area contributed by atoms with Gasteiger partial charge >= 0.3 is 0 Å². The van der Waals surface area contributed by atoms with Crippen LogP contribution in [0.15, 0.2) is 58.6 Å². The first-order valence-electron chi connectivity index (χ1n) is 7.45. The standard InChI is InChI=1S/C18H17N3O3/c1-12-15(11-19-16-5-3-4-6-17(16)22)18(23)21(20-12)13-7-9-14(24-2)10-8-13/h3-11,15,22H,1-2H3/b19-11+. The van der Waals surface area contributed by atoms with E-state index in [9.17, 15) is 9.90 Å². The second-order valence-corrected chi connectivity index (χ2v) is 5.33. The number of ether oxygens (including phenoxy) is 1. The maximum Gasteiger partial charge on any atom is 0.261 e. The smallest absolute Gasteiger partial charge is 0.261 e. The molecule has 0 saturated heterocycles. The van der Waals surface area contributed by atoms with Crippen LogP contribution in [0.3, 0.4) is 0 Å². The van der Waals surface area contributed by atoms with E-state index in [1.54, 1.807) is 62.6 Å². The van der Waals surface area contributed by atoms with Gasteiger partial charge in [0.25, 0.3) is 5.91 Å². The zero-order chi connectivity index (χ0) is 17.1. The van der Waals surface area contributed by atoms with Crippen LogP contribution < -0.4 is 9.75 Å². The van der Waals surface area contributed by atoms with Crippen molar-refractivity contribution in [3.8, 4) is 11.5 Å². The Morgan fingerprint density at radius 2 is 1.92 bits per heavy atom. The molecule has 1 amide bonds. The molecule has 6 heteroatoms. The van der Waals surface area contributed by atoms with Gasteiger partial charge in [0, 0.05) is 6.21 Å². The molecule has 1 N–H and O–H groups in total. The van der Waals surface area contributed by atoms with E-state index < -0.39 is 5.92 Å². The first-order chi connectivity index (χ1) is 11.6. The second kappa shape index (κ2) is 6.54. The molecule has 1 atom stereocenters. The minimum atomic E-state index is -0.549. The van der Waals surface area contributed by atoms with Crippen LogP contribution in [0.4, 0.5) is 11.4 Å². The second-order valence-electron chi connectivity index (χ2n) is 5.33. The fourth-order valence-electron chi connectivity index (χ4n) is 2.39. The maximum absolute atomic E-state index is 12.6. The van der Waals surface area contributed by atoms with E-state index in [4.69, 9.17) is 4.74 Å². The van der Waals surface area contributed by atoms with Crippen LogP contribution in [0.1, 0.15) is 6.92 Å². The van der Waals surface area contributed by atoms with Crippen molar-refractivity contribution in [2.45, 2.75) is 6.92 Å². The third-order valence-electron chi connectivity index (χ3n) is 3.74. The van der Waals surface area contributed by atoms with Crippen molar-refractivity contribution in [2.24, 2.45) is 16.0 Å². The highest BCUT2D eigenvalue weighted by Crippen LogP contribution is 2.27. The summed E-state index contributed by atoms with van der Waals surface area (Å²) in [5.74, 6) is 0.0492. The number of methoxy groups -OCH3 is 1. The van der Waals surface area contributed by atoms with Crippen molar-refractivity contribution in [3.05, 3.63) is 48.5 Å². The number of amides is 1. The summed E-state index contributed by atoms with van der Waals surface area (Å²) in [5, 5.41) is 15.4. The number of carbonyl (C=O) groups excluding carboxylic acids is 1. The van der Waals surface area contributed by atoms with Gasteiger partial charge in [-0.15, -0.1) is 0 Å². The molecule has 1 heterocycles. The van der Waals surface area contributed by atoms with Crippen LogP contribution in [-0.2, 0) is 4.79 Å². The number of hydrazone groups is 1. The minimum absolute atomic E-state index is 0.0702. The average Bonchev–Trinajstić information content (AvgIpc) is 2.89. The number of phenols is 1. The van der Waals surface area contributed by atoms with Crippen molar-refractivity contribution in [2.75, 3.05) is 12.1 Å². The fraction of sp³-hybridized carbons (Fsp3) is 0.167. The van der Waals surface area contributed by atoms with Crippen LogP contribution >= 0.6 is 0 Å². The Morgan fingerprint density at radius 1 is 1.21 bits per heavy atom. The van der Waals surface area contributed by atoms with Crippen LogP contribution in [0.2, 0.25) is 0 Å². The Labute approximate surface area is 139 Å². The number of aliphatic imine (C=N–C) groups is 1. The number of anilines is 1. The zero-order valence-electron chi connectivity index (χ0n) is 13.4. The minimum Gasteiger partial charge on any atom is -0.506 e. The lowest BCUT2D eigenvalue weighted by atomic mass is 10.1. The normalized spacial score (nSPS) is 17.4. The van der Waals surface area contributed by atoms with Crippen LogP contribution in [0.5, 0.6) is 11.5 Å². The number of phenolic OH excluding ortho intramolecular Hbond substituents is 1. The number of hydrogen-bond donors (Lipinski definition) is 1. The van der Waals surface area contributed by atoms with E-state index in [0.717, 1.165) is 0 Å². The number of carbonyl (C=O) groups is 1. The average molecular weight is 323 g/mol. The summed E-state index contributed by atoms with van der Waals surface area (Å²) in [6, 6.07) is 13.8. The van der Waals surface area contributed by atoms with E-state index in [0.29, 0.717) is 22.8 Å². The van der Waals surface area contributed by atoms with Crippen LogP contribution in [0.25, 0.3) is 0 Å². The first-order valence-corrected chi connectivity index (χ1v) is 7.45. The molecule has 1 aliphatic rings. The number of benzene rings is 2. The number of aromatic hydroxyl groups is 1. The molecule has 0 aromatic heterocycles. The maximum atomic E-state index is 12.6. The molecule has 6 nitrogen and oxygen atoms in total. The monoisotopic (exact) mass is 323 g/mol. The van der Waals surface area contributed by atoms with Crippen molar-refractivity contribution in [1.82, 2.24) is 0 Å². The van der Waals surface area contributed by atoms with E-state index in [1.165, 1.54) is 11.2 Å². The lowest BCUT2D eigenvalue weighted by Crippen LogP contribution is -2.27. The summed E-state index contributed by atoms with van der Waals surface area (Å²) in [5.41, 5.74) is 1.73. The molecule has 1 unspecified atom stereocenters. The molecule has 0 aliphatic carbocycles. The molecule has 122 valence electrons. The molecule has 2 aromatic carbocycles. The molecule has 0 spiro atoms. The third kappa shape index (κ3) is 2.99. The molecule has 0 bridgehead atoms. The van der Waals surface area contributed by atoms with Gasteiger partial charge in [0.1, 0.15) is 23.1 Å². The summed E-state index contributed by atoms with van der Waals surface area (Å²) in [7, 11) is 1.59. The Morgan fingerprint density at radius 3 is 2.58 bits per heavy atom. The van der Waals surface area contributed by atoms with Gasteiger partial charge in [-0.1, -0.05) is 12.1 Å². The largest absolute Gasteiger partial charge is 0.506 e. The lowest BCUT2D eigenvalue weighted by molar-refractivity contribution is -0.118. The highest BCUT2D eigenvalue weighted by molar-refractivity contribution is 6.23. The van der Waals surface area contributed by atoms with Crippen molar-refractivity contribution in [1.29, 1.82) is 0 Å². The van der Waals surface area contributed by atoms with Crippen molar-refractivity contribution < 1.29 is 14.6 Å². The van der Waals surface area contributed by atoms with E-state index in [-0.39, 0.29) is 11.7 Å². The van der Waals surface area contributed by atoms with Crippen molar-refractivity contribution in [3.63, 3.8) is 0 Å². The first kappa shape index (κ1) is 15.7. The number of hydrogen-bond acceptors (Lipinski definition) is 5. The zero-order valence-corrected chi connectivity index (χ0v) is 13.4. The summed E-state index contributed by atoms with van der Waals surface area (Å²) < 4.78 is 5.12. The topological polar surface area (TPSA) is 74.5 Å². The molecular weight excluding hydrogens is 306 g/mol. The molecule has 0 fully saturated rings. The van der Waals surface area contributed by atoms with Gasteiger partial charge in [-0.05, 0) is 43.3 Å². The lowest BCUT2D eigenvalue weighted by Gasteiger charge is -2.13. The molecule has 3 rings (SSSR count). The van der Waals surface area contributed by atoms with Crippen LogP contribution in [0, 0.1) is 5.92 Å². The molecule has 2 aromatic rings. The van der Waals surface area contributed by atoms with Gasteiger partial charge in [0.15, 0.2) is 0 Å². The Kier molecular flexibility index (Phi) is 4.29. The molecule has 0 saturated carbocycles. The van der Waals surface area contributed by atoms with Crippen LogP contribution in [-0.4, -0.2) is 30.0 Å². The summed E-state index contributed by atoms with van der Waals surface area (Å²) in [4.78, 5) is 16.8. The van der Waals surface area contributed by atoms with Gasteiger partial charge in [0.2, 0.25) is 0 Å². The van der Waals surface area contributed by atoms with Gasteiger partial charge in [-0.25, -0.2) is 0 Å². The van der Waals surface area contributed by atoms with Gasteiger partial charge in [0.05, 0.1) is 18.5 Å². The molecule has 1 aliphatic heterocycles. The Balaban J connectivity index is 1.81. The fourth-order valence-corrected chi connectivity index (χ4v) is 2.39. The summed E-state index contributed by atoms with van der Waals surface area (Å²) in [6.45, 7) is 1.78. The Hall–Kier alpha value is -3.15. The molecular formula is C18H17N3O3. The highest BCUT2D eigenvalue weighted by atomic mass is 16.5. The van der Waals surface area contributed by atoms with Gasteiger partial charge in [-0.3, -0.25) is 9.79 Å². The highest BCUT2D eigenvalue weighted by Gasteiger charge is 2.33. The molecule has 0 radical (unpaired) electrons. The number of rotatable bonds is 4. The third-order valence-corrected chi connectivity index (χ3v) is 3.74. The number of para-hydroxylation sites is 2. The number of nitrogens with zero attached hydrogens (tertiary/aromatic N) is 3. The predicted octanol–water partition coefficient (Wildman–Crippen LogP) is 3.14. The quantitative estimate of drug-likeness (QED) is 0.878. The predicted molar refractivity (Wildman–Crippen MR) is 93.3 cm³/mol. The van der Waals surface area contributed by atoms with E-state index in [1.807, 2.05) is 0 Å². The Bertz CT molecular complexity index is 813. The van der Waals surface area contributed by atoms with Gasteiger partial charge < -0.3 is 9.84 Å². The SMILES string of the molecule is COc1ccc(N2N=C(C)C(/C=N/c3ccccc3O)C2=O)cc1. The summed E-state index contributed by atoms with van der Waals surface area (Å²) in [6.07, 6.45) is 1.51. The van der Waals surface area contributed by atoms with E-state index in [2.05, 4.69) is 10.1 Å². The van der Waals surface area contributed by atoms with Gasteiger partial charge in [-0.2, -0.15) is 10.1 Å². The summed E-state index contributed by atoms with van der Waals surface area (Å²) >= 11 is 0. The van der Waals surface area contributed by atoms with E-state index >= 15 is 0 Å². The van der Waals surface area contributed by atoms with Crippen molar-refractivity contribution >= 4 is 29.2 Å².